The van der Waals surface area contributed by atoms with E-state index in [1.807, 2.05) is 67.3 Å². The van der Waals surface area contributed by atoms with Crippen molar-refractivity contribution in [2.24, 2.45) is 0 Å². The summed E-state index contributed by atoms with van der Waals surface area (Å²) >= 11 is 6.24. The van der Waals surface area contributed by atoms with Crippen LogP contribution in [0, 0.1) is 6.92 Å². The molecule has 1 aliphatic rings. The third kappa shape index (κ3) is 5.26. The van der Waals surface area contributed by atoms with E-state index < -0.39 is 0 Å². The SMILES string of the molecule is Cc1ccc(Cl)c(Oc2cc(N3CCN(C(=O)/C=C/c4ccccc4)C(C)C3)ncn2)c1. The van der Waals surface area contributed by atoms with Gasteiger partial charge in [0.25, 0.3) is 0 Å². The van der Waals surface area contributed by atoms with E-state index in [1.165, 1.54) is 6.33 Å². The van der Waals surface area contributed by atoms with Gasteiger partial charge in [0.15, 0.2) is 0 Å². The zero-order valence-electron chi connectivity index (χ0n) is 18.1. The molecular weight excluding hydrogens is 424 g/mol. The first kappa shape index (κ1) is 21.8. The third-order valence-electron chi connectivity index (χ3n) is 5.38. The van der Waals surface area contributed by atoms with Gasteiger partial charge in [-0.05, 0) is 43.2 Å². The molecular formula is C25H25ClN4O2. The lowest BCUT2D eigenvalue weighted by atomic mass is 10.1. The Balaban J connectivity index is 1.41. The number of nitrogens with zero attached hydrogens (tertiary/aromatic N) is 4. The Labute approximate surface area is 193 Å². The molecule has 2 heterocycles. The van der Waals surface area contributed by atoms with Crippen LogP contribution in [0.5, 0.6) is 11.6 Å². The number of hydrogen-bond donors (Lipinski definition) is 0. The first-order valence-corrected chi connectivity index (χ1v) is 10.9. The minimum Gasteiger partial charge on any atom is -0.437 e. The van der Waals surface area contributed by atoms with E-state index in [0.717, 1.165) is 16.9 Å². The Bertz CT molecular complexity index is 1120. The number of anilines is 1. The van der Waals surface area contributed by atoms with Crippen LogP contribution >= 0.6 is 11.6 Å². The number of piperazine rings is 1. The number of halogens is 1. The van der Waals surface area contributed by atoms with Crippen LogP contribution in [0.3, 0.4) is 0 Å². The van der Waals surface area contributed by atoms with Gasteiger partial charge in [0.2, 0.25) is 11.8 Å². The second kappa shape index (κ2) is 9.83. The fourth-order valence-electron chi connectivity index (χ4n) is 3.68. The van der Waals surface area contributed by atoms with Gasteiger partial charge in [-0.1, -0.05) is 48.0 Å². The van der Waals surface area contributed by atoms with E-state index in [4.69, 9.17) is 16.3 Å². The van der Waals surface area contributed by atoms with Gasteiger partial charge in [0.1, 0.15) is 17.9 Å². The molecule has 2 aromatic carbocycles. The molecule has 1 aromatic heterocycles. The molecule has 6 nitrogen and oxygen atoms in total. The Morgan fingerprint density at radius 2 is 1.94 bits per heavy atom. The highest BCUT2D eigenvalue weighted by Gasteiger charge is 2.27. The summed E-state index contributed by atoms with van der Waals surface area (Å²) in [4.78, 5) is 25.4. The molecule has 1 fully saturated rings. The van der Waals surface area contributed by atoms with Crippen LogP contribution in [0.2, 0.25) is 5.02 Å². The molecule has 164 valence electrons. The first-order valence-electron chi connectivity index (χ1n) is 10.5. The molecule has 1 amide bonds. The van der Waals surface area contributed by atoms with Gasteiger partial charge in [-0.25, -0.2) is 9.97 Å². The van der Waals surface area contributed by atoms with Crippen molar-refractivity contribution in [1.29, 1.82) is 0 Å². The highest BCUT2D eigenvalue weighted by molar-refractivity contribution is 6.32. The van der Waals surface area contributed by atoms with Crippen LogP contribution in [0.1, 0.15) is 18.1 Å². The minimum absolute atomic E-state index is 0.0156. The summed E-state index contributed by atoms with van der Waals surface area (Å²) in [7, 11) is 0. The summed E-state index contributed by atoms with van der Waals surface area (Å²) in [6.07, 6.45) is 4.98. The van der Waals surface area contributed by atoms with E-state index >= 15 is 0 Å². The predicted octanol–water partition coefficient (Wildman–Crippen LogP) is 4.98. The highest BCUT2D eigenvalue weighted by Crippen LogP contribution is 2.30. The van der Waals surface area contributed by atoms with E-state index in [2.05, 4.69) is 14.9 Å². The molecule has 0 radical (unpaired) electrons. The fourth-order valence-corrected chi connectivity index (χ4v) is 3.84. The summed E-state index contributed by atoms with van der Waals surface area (Å²) in [5, 5.41) is 0.528. The zero-order valence-corrected chi connectivity index (χ0v) is 18.9. The van der Waals surface area contributed by atoms with Crippen molar-refractivity contribution in [2.45, 2.75) is 19.9 Å². The van der Waals surface area contributed by atoms with Crippen LogP contribution in [0.4, 0.5) is 5.82 Å². The standard InChI is InChI=1S/C25H25ClN4O2/c1-18-8-10-21(26)22(14-18)32-24-15-23(27-17-28-24)29-12-13-30(19(2)16-29)25(31)11-9-20-6-4-3-5-7-20/h3-11,14-15,17,19H,12-13,16H2,1-2H3/b11-9+. The molecule has 0 bridgehead atoms. The molecule has 0 spiro atoms. The third-order valence-corrected chi connectivity index (χ3v) is 5.69. The predicted molar refractivity (Wildman–Crippen MR) is 127 cm³/mol. The Kier molecular flexibility index (Phi) is 6.71. The van der Waals surface area contributed by atoms with Gasteiger partial charge < -0.3 is 14.5 Å². The number of hydrogen-bond acceptors (Lipinski definition) is 5. The summed E-state index contributed by atoms with van der Waals surface area (Å²) < 4.78 is 5.90. The van der Waals surface area contributed by atoms with Crippen molar-refractivity contribution >= 4 is 29.4 Å². The van der Waals surface area contributed by atoms with Crippen molar-refractivity contribution in [2.75, 3.05) is 24.5 Å². The Morgan fingerprint density at radius 3 is 2.72 bits per heavy atom. The van der Waals surface area contributed by atoms with Gasteiger partial charge in [-0.2, -0.15) is 0 Å². The molecule has 0 N–H and O–H groups in total. The van der Waals surface area contributed by atoms with E-state index in [-0.39, 0.29) is 11.9 Å². The number of aromatic nitrogens is 2. The lowest BCUT2D eigenvalue weighted by Crippen LogP contribution is -2.54. The topological polar surface area (TPSA) is 58.6 Å². The maximum Gasteiger partial charge on any atom is 0.246 e. The number of rotatable bonds is 5. The van der Waals surface area contributed by atoms with E-state index in [1.54, 1.807) is 18.2 Å². The normalized spacial score (nSPS) is 16.4. The number of ether oxygens (including phenoxy) is 1. The van der Waals surface area contributed by atoms with Crippen molar-refractivity contribution in [3.63, 3.8) is 0 Å². The minimum atomic E-state index is 0.0156. The molecule has 1 atom stereocenters. The molecule has 7 heteroatoms. The van der Waals surface area contributed by atoms with E-state index in [0.29, 0.717) is 36.3 Å². The molecule has 1 aliphatic heterocycles. The Morgan fingerprint density at radius 1 is 1.12 bits per heavy atom. The van der Waals surface area contributed by atoms with Gasteiger partial charge in [0, 0.05) is 37.8 Å². The van der Waals surface area contributed by atoms with Crippen molar-refractivity contribution in [1.82, 2.24) is 14.9 Å². The lowest BCUT2D eigenvalue weighted by Gasteiger charge is -2.40. The summed E-state index contributed by atoms with van der Waals surface area (Å²) in [5.41, 5.74) is 2.06. The second-order valence-corrected chi connectivity index (χ2v) is 8.23. The molecule has 0 aliphatic carbocycles. The number of carbonyl (C=O) groups is 1. The maximum atomic E-state index is 12.7. The van der Waals surface area contributed by atoms with E-state index in [9.17, 15) is 4.79 Å². The molecule has 0 saturated carbocycles. The second-order valence-electron chi connectivity index (χ2n) is 7.82. The molecule has 32 heavy (non-hydrogen) atoms. The number of aryl methyl sites for hydroxylation is 1. The van der Waals surface area contributed by atoms with Crippen LogP contribution in [0.25, 0.3) is 6.08 Å². The number of amides is 1. The fraction of sp³-hybridized carbons (Fsp3) is 0.240. The number of benzene rings is 2. The van der Waals surface area contributed by atoms with Gasteiger partial charge >= 0.3 is 0 Å². The smallest absolute Gasteiger partial charge is 0.246 e. The zero-order chi connectivity index (χ0) is 22.5. The van der Waals surface area contributed by atoms with Crippen LogP contribution in [-0.4, -0.2) is 46.5 Å². The van der Waals surface area contributed by atoms with Crippen LogP contribution in [-0.2, 0) is 4.79 Å². The van der Waals surface area contributed by atoms with Crippen LogP contribution in [0.15, 0.2) is 67.0 Å². The van der Waals surface area contributed by atoms with Gasteiger partial charge in [0.05, 0.1) is 5.02 Å². The van der Waals surface area contributed by atoms with Crippen LogP contribution < -0.4 is 9.64 Å². The summed E-state index contributed by atoms with van der Waals surface area (Å²) in [6.45, 7) is 5.99. The van der Waals surface area contributed by atoms with Crippen molar-refractivity contribution in [3.8, 4) is 11.6 Å². The average molecular weight is 449 g/mol. The molecule has 1 saturated heterocycles. The monoisotopic (exact) mass is 448 g/mol. The summed E-state index contributed by atoms with van der Waals surface area (Å²) in [5.74, 6) is 1.77. The van der Waals surface area contributed by atoms with Crippen molar-refractivity contribution in [3.05, 3.63) is 83.2 Å². The van der Waals surface area contributed by atoms with Crippen molar-refractivity contribution < 1.29 is 9.53 Å². The Hall–Kier alpha value is -3.38. The quantitative estimate of drug-likeness (QED) is 0.515. The van der Waals surface area contributed by atoms with Gasteiger partial charge in [-0.3, -0.25) is 4.79 Å². The molecule has 3 aromatic rings. The molecule has 4 rings (SSSR count). The largest absolute Gasteiger partial charge is 0.437 e. The first-order chi connectivity index (χ1) is 15.5. The maximum absolute atomic E-state index is 12.7. The highest BCUT2D eigenvalue weighted by atomic mass is 35.5. The van der Waals surface area contributed by atoms with Gasteiger partial charge in [-0.15, -0.1) is 0 Å². The average Bonchev–Trinajstić information content (AvgIpc) is 2.81. The number of carbonyl (C=O) groups excluding carboxylic acids is 1. The lowest BCUT2D eigenvalue weighted by molar-refractivity contribution is -0.128. The summed E-state index contributed by atoms with van der Waals surface area (Å²) in [6, 6.07) is 17.3. The molecule has 1 unspecified atom stereocenters.